The van der Waals surface area contributed by atoms with E-state index in [4.69, 9.17) is 10.8 Å². The molecule has 1 aromatic carbocycles. The molecule has 17 heavy (non-hydrogen) atoms. The van der Waals surface area contributed by atoms with Gasteiger partial charge in [0.25, 0.3) is 0 Å². The van der Waals surface area contributed by atoms with Gasteiger partial charge in [-0.2, -0.15) is 13.2 Å². The second kappa shape index (κ2) is 5.46. The number of aliphatic hydroxyl groups is 1. The fraction of sp³-hybridized carbons (Fsp3) is 0.455. The molecule has 0 fully saturated rings. The van der Waals surface area contributed by atoms with Gasteiger partial charge >= 0.3 is 6.18 Å². The zero-order chi connectivity index (χ0) is 13.1. The molecule has 0 heterocycles. The number of aliphatic hydroxyl groups excluding tert-OH is 1. The summed E-state index contributed by atoms with van der Waals surface area (Å²) in [5.41, 5.74) is 4.66. The minimum Gasteiger partial charge on any atom is -0.396 e. The number of hydrogen-bond acceptors (Lipinski definition) is 2. The molecule has 0 unspecified atom stereocenters. The van der Waals surface area contributed by atoms with Crippen LogP contribution in [-0.2, 0) is 6.18 Å². The summed E-state index contributed by atoms with van der Waals surface area (Å²) in [5.74, 6) is -0.964. The highest BCUT2D eigenvalue weighted by atomic mass is 19.4. The first-order valence-corrected chi connectivity index (χ1v) is 5.08. The maximum atomic E-state index is 13.0. The van der Waals surface area contributed by atoms with Crippen molar-refractivity contribution in [1.29, 1.82) is 0 Å². The molecule has 0 amide bonds. The second-order valence-electron chi connectivity index (χ2n) is 3.74. The monoisotopic (exact) mass is 251 g/mol. The van der Waals surface area contributed by atoms with Crippen LogP contribution in [0.15, 0.2) is 18.2 Å². The Labute approximate surface area is 96.1 Å². The van der Waals surface area contributed by atoms with Crippen molar-refractivity contribution in [3.63, 3.8) is 0 Å². The van der Waals surface area contributed by atoms with Crippen molar-refractivity contribution in [1.82, 2.24) is 0 Å². The first-order chi connectivity index (χ1) is 7.84. The number of rotatable bonds is 4. The smallest absolute Gasteiger partial charge is 0.396 e. The van der Waals surface area contributed by atoms with Gasteiger partial charge in [-0.3, -0.25) is 0 Å². The van der Waals surface area contributed by atoms with Crippen LogP contribution in [0.4, 0.5) is 17.6 Å². The zero-order valence-corrected chi connectivity index (χ0v) is 8.97. The highest BCUT2D eigenvalue weighted by Gasteiger charge is 2.31. The highest BCUT2D eigenvalue weighted by molar-refractivity contribution is 5.28. The van der Waals surface area contributed by atoms with Gasteiger partial charge in [-0.25, -0.2) is 4.39 Å². The fourth-order valence-electron chi connectivity index (χ4n) is 1.47. The van der Waals surface area contributed by atoms with Crippen LogP contribution in [0.3, 0.4) is 0 Å². The van der Waals surface area contributed by atoms with Gasteiger partial charge in [0.05, 0.1) is 5.56 Å². The fourth-order valence-corrected chi connectivity index (χ4v) is 1.47. The summed E-state index contributed by atoms with van der Waals surface area (Å²) in [6.45, 7) is -0.102. The molecule has 96 valence electrons. The Balaban J connectivity index is 2.97. The Kier molecular flexibility index (Phi) is 4.47. The molecule has 0 aliphatic heterocycles. The first-order valence-electron chi connectivity index (χ1n) is 5.08. The summed E-state index contributed by atoms with van der Waals surface area (Å²) in [6, 6.07) is 1.55. The predicted octanol–water partition coefficient (Wildman–Crippen LogP) is 2.62. The Bertz CT molecular complexity index is 378. The Hall–Kier alpha value is -1.14. The van der Waals surface area contributed by atoms with Crippen molar-refractivity contribution >= 4 is 0 Å². The molecule has 1 aromatic rings. The predicted molar refractivity (Wildman–Crippen MR) is 54.7 cm³/mol. The van der Waals surface area contributed by atoms with E-state index in [9.17, 15) is 17.6 Å². The third-order valence-corrected chi connectivity index (χ3v) is 2.35. The van der Waals surface area contributed by atoms with Gasteiger partial charge in [0.15, 0.2) is 0 Å². The highest BCUT2D eigenvalue weighted by Crippen LogP contribution is 2.31. The standard InChI is InChI=1S/C11H13F4NO/c12-9-5-7(10(16)2-1-3-17)4-8(6-9)11(13,14)15/h4-6,10,17H,1-3,16H2/t10-/m1/s1. The summed E-state index contributed by atoms with van der Waals surface area (Å²) in [5, 5.41) is 8.59. The van der Waals surface area contributed by atoms with E-state index in [1.165, 1.54) is 0 Å². The third-order valence-electron chi connectivity index (χ3n) is 2.35. The third kappa shape index (κ3) is 3.98. The van der Waals surface area contributed by atoms with Crippen LogP contribution >= 0.6 is 0 Å². The maximum absolute atomic E-state index is 13.0. The van der Waals surface area contributed by atoms with Crippen molar-refractivity contribution in [3.8, 4) is 0 Å². The van der Waals surface area contributed by atoms with Crippen LogP contribution in [0.5, 0.6) is 0 Å². The van der Waals surface area contributed by atoms with E-state index < -0.39 is 23.6 Å². The molecule has 0 aliphatic carbocycles. The topological polar surface area (TPSA) is 46.2 Å². The lowest BCUT2D eigenvalue weighted by atomic mass is 10.0. The Morgan fingerprint density at radius 1 is 1.24 bits per heavy atom. The van der Waals surface area contributed by atoms with E-state index in [0.717, 1.165) is 12.1 Å². The minimum absolute atomic E-state index is 0.0887. The van der Waals surface area contributed by atoms with Crippen LogP contribution in [-0.4, -0.2) is 11.7 Å². The van der Waals surface area contributed by atoms with Crippen LogP contribution in [0, 0.1) is 5.82 Å². The lowest BCUT2D eigenvalue weighted by Crippen LogP contribution is -2.13. The molecule has 0 aliphatic rings. The summed E-state index contributed by atoms with van der Waals surface area (Å²) >= 11 is 0. The van der Waals surface area contributed by atoms with Crippen LogP contribution in [0.25, 0.3) is 0 Å². The van der Waals surface area contributed by atoms with Crippen LogP contribution in [0.1, 0.15) is 30.0 Å². The van der Waals surface area contributed by atoms with Gasteiger partial charge in [-0.05, 0) is 36.6 Å². The summed E-state index contributed by atoms with van der Waals surface area (Å²) < 4.78 is 50.3. The molecular formula is C11H13F4NO. The number of benzene rings is 1. The molecule has 3 N–H and O–H groups in total. The zero-order valence-electron chi connectivity index (χ0n) is 8.97. The molecular weight excluding hydrogens is 238 g/mol. The first kappa shape index (κ1) is 13.9. The minimum atomic E-state index is -4.59. The molecule has 0 bridgehead atoms. The molecule has 0 saturated heterocycles. The molecule has 0 radical (unpaired) electrons. The molecule has 0 saturated carbocycles. The van der Waals surface area contributed by atoms with Crippen molar-refractivity contribution in [2.75, 3.05) is 6.61 Å². The van der Waals surface area contributed by atoms with Crippen molar-refractivity contribution in [3.05, 3.63) is 35.1 Å². The van der Waals surface area contributed by atoms with E-state index in [1.807, 2.05) is 0 Å². The van der Waals surface area contributed by atoms with Gasteiger partial charge in [0.1, 0.15) is 5.82 Å². The average Bonchev–Trinajstić information content (AvgIpc) is 2.23. The van der Waals surface area contributed by atoms with E-state index in [2.05, 4.69) is 0 Å². The van der Waals surface area contributed by atoms with Crippen molar-refractivity contribution in [2.24, 2.45) is 5.73 Å². The van der Waals surface area contributed by atoms with Crippen LogP contribution < -0.4 is 5.73 Å². The maximum Gasteiger partial charge on any atom is 0.416 e. The van der Waals surface area contributed by atoms with Crippen LogP contribution in [0.2, 0.25) is 0 Å². The van der Waals surface area contributed by atoms with E-state index in [0.29, 0.717) is 18.9 Å². The SMILES string of the molecule is N[C@H](CCCO)c1cc(F)cc(C(F)(F)F)c1. The van der Waals surface area contributed by atoms with Gasteiger partial charge in [0.2, 0.25) is 0 Å². The largest absolute Gasteiger partial charge is 0.416 e. The Morgan fingerprint density at radius 3 is 2.41 bits per heavy atom. The lowest BCUT2D eigenvalue weighted by molar-refractivity contribution is -0.137. The van der Waals surface area contributed by atoms with Crippen molar-refractivity contribution in [2.45, 2.75) is 25.1 Å². The van der Waals surface area contributed by atoms with E-state index in [1.54, 1.807) is 0 Å². The van der Waals surface area contributed by atoms with E-state index in [-0.39, 0.29) is 12.2 Å². The molecule has 0 spiro atoms. The number of halogens is 4. The molecule has 6 heteroatoms. The molecule has 0 aromatic heterocycles. The summed E-state index contributed by atoms with van der Waals surface area (Å²) in [7, 11) is 0. The molecule has 1 atom stereocenters. The lowest BCUT2D eigenvalue weighted by Gasteiger charge is -2.14. The van der Waals surface area contributed by atoms with Gasteiger partial charge in [0, 0.05) is 12.6 Å². The average molecular weight is 251 g/mol. The second-order valence-corrected chi connectivity index (χ2v) is 3.74. The van der Waals surface area contributed by atoms with Gasteiger partial charge < -0.3 is 10.8 Å². The Morgan fingerprint density at radius 2 is 1.88 bits per heavy atom. The van der Waals surface area contributed by atoms with Gasteiger partial charge in [-0.15, -0.1) is 0 Å². The molecule has 1 rings (SSSR count). The number of nitrogens with two attached hydrogens (primary N) is 1. The number of alkyl halides is 3. The molecule has 2 nitrogen and oxygen atoms in total. The van der Waals surface area contributed by atoms with Gasteiger partial charge in [-0.1, -0.05) is 0 Å². The normalized spacial score (nSPS) is 13.8. The summed E-state index contributed by atoms with van der Waals surface area (Å²) in [6.07, 6.45) is -3.93. The van der Waals surface area contributed by atoms with E-state index >= 15 is 0 Å². The summed E-state index contributed by atoms with van der Waals surface area (Å²) in [4.78, 5) is 0. The van der Waals surface area contributed by atoms with Crippen molar-refractivity contribution < 1.29 is 22.7 Å². The quantitative estimate of drug-likeness (QED) is 0.808. The number of hydrogen-bond donors (Lipinski definition) is 2.